The molecule has 2 heterocycles. The van der Waals surface area contributed by atoms with Crippen molar-refractivity contribution in [2.24, 2.45) is 5.92 Å². The van der Waals surface area contributed by atoms with E-state index in [1.54, 1.807) is 5.10 Å². The van der Waals surface area contributed by atoms with Gasteiger partial charge in [0.15, 0.2) is 0 Å². The molecular formula is C10H15ClF3N5O. The van der Waals surface area contributed by atoms with Gasteiger partial charge >= 0.3 is 6.18 Å². The van der Waals surface area contributed by atoms with Crippen LogP contribution in [0.3, 0.4) is 0 Å². The Morgan fingerprint density at radius 3 is 2.70 bits per heavy atom. The molecule has 1 aliphatic heterocycles. The highest BCUT2D eigenvalue weighted by atomic mass is 35.5. The van der Waals surface area contributed by atoms with Crippen molar-refractivity contribution in [1.29, 1.82) is 0 Å². The van der Waals surface area contributed by atoms with E-state index in [0.29, 0.717) is 19.4 Å². The van der Waals surface area contributed by atoms with E-state index in [0.717, 1.165) is 0 Å². The first-order chi connectivity index (χ1) is 8.86. The van der Waals surface area contributed by atoms with E-state index in [4.69, 9.17) is 0 Å². The number of aromatic amines is 1. The maximum atomic E-state index is 12.3. The van der Waals surface area contributed by atoms with E-state index in [1.165, 1.54) is 0 Å². The number of nitrogens with zero attached hydrogens (tertiary/aromatic N) is 2. The predicted octanol–water partition coefficient (Wildman–Crippen LogP) is 1.57. The lowest BCUT2D eigenvalue weighted by Crippen LogP contribution is -2.40. The van der Waals surface area contributed by atoms with Crippen LogP contribution in [0.5, 0.6) is 0 Å². The smallest absolute Gasteiger partial charge is 0.314 e. The quantitative estimate of drug-likeness (QED) is 0.774. The normalized spacial score (nSPS) is 23.0. The van der Waals surface area contributed by atoms with Gasteiger partial charge in [-0.3, -0.25) is 15.2 Å². The molecule has 2 rings (SSSR count). The molecule has 0 unspecified atom stereocenters. The number of alkyl halides is 3. The number of amides is 1. The number of aromatic nitrogens is 3. The Labute approximate surface area is 119 Å². The fourth-order valence-electron chi connectivity index (χ4n) is 2.03. The van der Waals surface area contributed by atoms with Crippen LogP contribution in [0.4, 0.5) is 19.1 Å². The Balaban J connectivity index is 0.00000200. The molecule has 0 bridgehead atoms. The Hall–Kier alpha value is -1.35. The molecule has 2 atom stereocenters. The van der Waals surface area contributed by atoms with E-state index in [9.17, 15) is 18.0 Å². The van der Waals surface area contributed by atoms with E-state index in [2.05, 4.69) is 20.7 Å². The lowest BCUT2D eigenvalue weighted by atomic mass is 9.92. The molecule has 1 fully saturated rings. The molecule has 0 spiro atoms. The molecular weight excluding hydrogens is 299 g/mol. The number of nitrogens with one attached hydrogen (secondary N) is 3. The second-order valence-corrected chi connectivity index (χ2v) is 4.57. The second-order valence-electron chi connectivity index (χ2n) is 4.57. The van der Waals surface area contributed by atoms with Crippen molar-refractivity contribution in [3.8, 4) is 0 Å². The summed E-state index contributed by atoms with van der Waals surface area (Å²) in [5, 5.41) is 10.6. The third kappa shape index (κ3) is 4.07. The summed E-state index contributed by atoms with van der Waals surface area (Å²) in [6.07, 6.45) is -3.31. The highest BCUT2D eigenvalue weighted by molar-refractivity contribution is 5.91. The molecule has 10 heteroatoms. The van der Waals surface area contributed by atoms with Crippen molar-refractivity contribution in [2.45, 2.75) is 32.0 Å². The van der Waals surface area contributed by atoms with Gasteiger partial charge in [0.05, 0.1) is 0 Å². The molecule has 1 aromatic heterocycles. The van der Waals surface area contributed by atoms with Gasteiger partial charge in [0.1, 0.15) is 0 Å². The van der Waals surface area contributed by atoms with E-state index in [-0.39, 0.29) is 36.2 Å². The molecule has 1 saturated heterocycles. The summed E-state index contributed by atoms with van der Waals surface area (Å²) in [4.78, 5) is 15.1. The maximum absolute atomic E-state index is 12.3. The van der Waals surface area contributed by atoms with Crippen molar-refractivity contribution in [1.82, 2.24) is 20.5 Å². The summed E-state index contributed by atoms with van der Waals surface area (Å²) in [5.74, 6) is -2.14. The standard InChI is InChI=1S/C10H14F3N5O.ClH/c1-5-4-6(2-3-14-5)7(19)15-9-16-8(17-18-9)10(11,12)13;/h5-6,14H,2-4H2,1H3,(H2,15,16,17,18,19);1H/t5-,6-;/m0./s1. The van der Waals surface area contributed by atoms with Crippen LogP contribution in [-0.4, -0.2) is 33.7 Å². The average molecular weight is 314 g/mol. The molecule has 0 aliphatic carbocycles. The summed E-state index contributed by atoms with van der Waals surface area (Å²) < 4.78 is 36.9. The van der Waals surface area contributed by atoms with Crippen LogP contribution in [0.1, 0.15) is 25.6 Å². The van der Waals surface area contributed by atoms with Crippen LogP contribution < -0.4 is 10.6 Å². The number of hydrogen-bond donors (Lipinski definition) is 3. The lowest BCUT2D eigenvalue weighted by molar-refractivity contribution is -0.144. The summed E-state index contributed by atoms with van der Waals surface area (Å²) in [5.41, 5.74) is 0. The molecule has 0 saturated carbocycles. The molecule has 0 aromatic carbocycles. The maximum Gasteiger partial charge on any atom is 0.451 e. The van der Waals surface area contributed by atoms with E-state index >= 15 is 0 Å². The van der Waals surface area contributed by atoms with Crippen LogP contribution in [0.2, 0.25) is 0 Å². The van der Waals surface area contributed by atoms with Gasteiger partial charge in [-0.25, -0.2) is 0 Å². The van der Waals surface area contributed by atoms with Crippen molar-refractivity contribution in [3.05, 3.63) is 5.82 Å². The van der Waals surface area contributed by atoms with Gasteiger partial charge in [-0.1, -0.05) is 0 Å². The first-order valence-electron chi connectivity index (χ1n) is 5.90. The van der Waals surface area contributed by atoms with Crippen molar-refractivity contribution < 1.29 is 18.0 Å². The van der Waals surface area contributed by atoms with E-state index in [1.807, 2.05) is 6.92 Å². The second kappa shape index (κ2) is 6.40. The zero-order chi connectivity index (χ0) is 14.0. The number of carbonyl (C=O) groups excluding carboxylic acids is 1. The molecule has 3 N–H and O–H groups in total. The third-order valence-corrected chi connectivity index (χ3v) is 2.98. The molecule has 1 amide bonds. The van der Waals surface area contributed by atoms with Gasteiger partial charge in [0.25, 0.3) is 0 Å². The van der Waals surface area contributed by atoms with Gasteiger partial charge in [-0.2, -0.15) is 18.2 Å². The Morgan fingerprint density at radius 2 is 2.15 bits per heavy atom. The fourth-order valence-corrected chi connectivity index (χ4v) is 2.03. The summed E-state index contributed by atoms with van der Waals surface area (Å²) in [6, 6.07) is 0.211. The number of hydrogen-bond acceptors (Lipinski definition) is 4. The number of H-pyrrole nitrogens is 1. The van der Waals surface area contributed by atoms with Gasteiger partial charge < -0.3 is 5.32 Å². The molecule has 6 nitrogen and oxygen atoms in total. The number of anilines is 1. The van der Waals surface area contributed by atoms with Crippen LogP contribution in [0.15, 0.2) is 0 Å². The molecule has 0 radical (unpaired) electrons. The molecule has 114 valence electrons. The fraction of sp³-hybridized carbons (Fsp3) is 0.700. The minimum Gasteiger partial charge on any atom is -0.314 e. The Morgan fingerprint density at radius 1 is 1.45 bits per heavy atom. The Bertz CT molecular complexity index is 464. The summed E-state index contributed by atoms with van der Waals surface area (Å²) >= 11 is 0. The minimum atomic E-state index is -4.60. The van der Waals surface area contributed by atoms with Crippen LogP contribution in [0, 0.1) is 5.92 Å². The largest absolute Gasteiger partial charge is 0.451 e. The lowest BCUT2D eigenvalue weighted by Gasteiger charge is -2.26. The SMILES string of the molecule is C[C@H]1C[C@@H](C(=O)Nc2n[nH]c(C(F)(F)F)n2)CCN1.Cl. The van der Waals surface area contributed by atoms with Gasteiger partial charge in [0.2, 0.25) is 17.7 Å². The summed E-state index contributed by atoms with van der Waals surface area (Å²) in [6.45, 7) is 2.66. The van der Waals surface area contributed by atoms with Crippen LogP contribution in [-0.2, 0) is 11.0 Å². The van der Waals surface area contributed by atoms with E-state index < -0.39 is 12.0 Å². The summed E-state index contributed by atoms with van der Waals surface area (Å²) in [7, 11) is 0. The number of piperidine rings is 1. The zero-order valence-corrected chi connectivity index (χ0v) is 11.4. The number of halogens is 4. The Kier molecular flexibility index (Phi) is 5.35. The zero-order valence-electron chi connectivity index (χ0n) is 10.6. The van der Waals surface area contributed by atoms with Crippen LogP contribution >= 0.6 is 12.4 Å². The third-order valence-electron chi connectivity index (χ3n) is 2.98. The first-order valence-corrected chi connectivity index (χ1v) is 5.90. The monoisotopic (exact) mass is 313 g/mol. The van der Waals surface area contributed by atoms with Gasteiger partial charge in [-0.15, -0.1) is 17.5 Å². The predicted molar refractivity (Wildman–Crippen MR) is 67.5 cm³/mol. The number of carbonyl (C=O) groups is 1. The first kappa shape index (κ1) is 16.7. The average Bonchev–Trinajstić information content (AvgIpc) is 2.77. The van der Waals surface area contributed by atoms with Crippen LogP contribution in [0.25, 0.3) is 0 Å². The molecule has 1 aromatic rings. The highest BCUT2D eigenvalue weighted by Gasteiger charge is 2.35. The number of rotatable bonds is 2. The molecule has 1 aliphatic rings. The van der Waals surface area contributed by atoms with Gasteiger partial charge in [-0.05, 0) is 26.3 Å². The highest BCUT2D eigenvalue weighted by Crippen LogP contribution is 2.26. The minimum absolute atomic E-state index is 0. The van der Waals surface area contributed by atoms with Gasteiger partial charge in [0, 0.05) is 12.0 Å². The van der Waals surface area contributed by atoms with Crippen molar-refractivity contribution in [3.63, 3.8) is 0 Å². The molecule has 20 heavy (non-hydrogen) atoms. The topological polar surface area (TPSA) is 82.7 Å². The van der Waals surface area contributed by atoms with Crippen molar-refractivity contribution in [2.75, 3.05) is 11.9 Å². The van der Waals surface area contributed by atoms with Crippen molar-refractivity contribution >= 4 is 24.3 Å².